The zero-order valence-corrected chi connectivity index (χ0v) is 18.3. The number of hydrogen-bond donors (Lipinski definition) is 1. The lowest BCUT2D eigenvalue weighted by Crippen LogP contribution is -2.07. The first-order chi connectivity index (χ1) is 15.7. The topological polar surface area (TPSA) is 79.0 Å². The number of alkyl halides is 3. The monoisotopic (exact) mass is 458 g/mol. The van der Waals surface area contributed by atoms with Crippen LogP contribution in [0.1, 0.15) is 11.3 Å². The number of ether oxygens (including phenoxy) is 2. The number of aryl methyl sites for hydroxylation is 2. The number of anilines is 2. The molecule has 4 aromatic rings. The number of benzene rings is 2. The Kier molecular flexibility index (Phi) is 5.71. The lowest BCUT2D eigenvalue weighted by Gasteiger charge is -2.12. The van der Waals surface area contributed by atoms with Crippen molar-refractivity contribution >= 4 is 11.6 Å². The van der Waals surface area contributed by atoms with E-state index in [1.165, 1.54) is 17.9 Å². The van der Waals surface area contributed by atoms with E-state index < -0.39 is 11.7 Å². The highest BCUT2D eigenvalue weighted by atomic mass is 19.4. The van der Waals surface area contributed by atoms with Crippen LogP contribution in [0.3, 0.4) is 0 Å². The van der Waals surface area contributed by atoms with Gasteiger partial charge in [0.25, 0.3) is 0 Å². The molecule has 2 heterocycles. The third-order valence-electron chi connectivity index (χ3n) is 4.92. The smallest absolute Gasteiger partial charge is 0.416 e. The van der Waals surface area contributed by atoms with Gasteiger partial charge in [-0.1, -0.05) is 0 Å². The van der Waals surface area contributed by atoms with Crippen molar-refractivity contribution in [1.82, 2.24) is 24.3 Å². The minimum atomic E-state index is -4.51. The van der Waals surface area contributed by atoms with Crippen molar-refractivity contribution in [3.05, 3.63) is 60.2 Å². The van der Waals surface area contributed by atoms with Crippen LogP contribution in [-0.4, -0.2) is 38.5 Å². The molecule has 0 fully saturated rings. The largest absolute Gasteiger partial charge is 0.497 e. The Morgan fingerprint density at radius 3 is 2.45 bits per heavy atom. The number of imidazole rings is 1. The summed E-state index contributed by atoms with van der Waals surface area (Å²) in [5.74, 6) is 1.31. The van der Waals surface area contributed by atoms with Gasteiger partial charge in [-0.25, -0.2) is 9.67 Å². The van der Waals surface area contributed by atoms with Gasteiger partial charge in [-0.3, -0.25) is 0 Å². The molecule has 8 nitrogen and oxygen atoms in total. The number of aromatic nitrogens is 5. The van der Waals surface area contributed by atoms with Crippen LogP contribution in [0.2, 0.25) is 0 Å². The summed E-state index contributed by atoms with van der Waals surface area (Å²) in [7, 11) is 4.51. The Morgan fingerprint density at radius 1 is 1.03 bits per heavy atom. The average Bonchev–Trinajstić information content (AvgIpc) is 3.38. The molecule has 2 aromatic heterocycles. The van der Waals surface area contributed by atoms with Gasteiger partial charge in [0, 0.05) is 30.6 Å². The normalized spacial score (nSPS) is 11.5. The van der Waals surface area contributed by atoms with E-state index in [1.54, 1.807) is 26.6 Å². The standard InChI is InChI=1S/C22H21F3N6O2/c1-13-11-31(12-26-13)18-6-5-14(7-19(18)33-4)20-28-21(30(2)29-20)27-16-8-15(22(23,24)25)9-17(10-16)32-3/h5-12H,1-4H3,(H,27,28,29). The molecule has 0 unspecified atom stereocenters. The molecule has 33 heavy (non-hydrogen) atoms. The van der Waals surface area contributed by atoms with E-state index in [9.17, 15) is 13.2 Å². The zero-order chi connectivity index (χ0) is 23.8. The number of halogens is 3. The second kappa shape index (κ2) is 8.49. The van der Waals surface area contributed by atoms with Crippen molar-refractivity contribution in [3.63, 3.8) is 0 Å². The highest BCUT2D eigenvalue weighted by Crippen LogP contribution is 2.35. The first-order valence-corrected chi connectivity index (χ1v) is 9.81. The molecule has 0 amide bonds. The van der Waals surface area contributed by atoms with Crippen LogP contribution in [-0.2, 0) is 13.2 Å². The number of nitrogens with zero attached hydrogens (tertiary/aromatic N) is 5. The molecular weight excluding hydrogens is 437 g/mol. The summed E-state index contributed by atoms with van der Waals surface area (Å²) in [5.41, 5.74) is 1.69. The number of methoxy groups -OCH3 is 2. The van der Waals surface area contributed by atoms with E-state index in [0.717, 1.165) is 23.5 Å². The summed E-state index contributed by atoms with van der Waals surface area (Å²) in [6, 6.07) is 8.85. The van der Waals surface area contributed by atoms with E-state index >= 15 is 0 Å². The number of nitrogens with one attached hydrogen (secondary N) is 1. The van der Waals surface area contributed by atoms with Gasteiger partial charge in [-0.15, -0.1) is 5.10 Å². The Labute approximate surface area is 187 Å². The van der Waals surface area contributed by atoms with Crippen LogP contribution >= 0.6 is 0 Å². The first-order valence-electron chi connectivity index (χ1n) is 9.81. The minimum Gasteiger partial charge on any atom is -0.497 e. The van der Waals surface area contributed by atoms with Gasteiger partial charge in [0.05, 0.1) is 37.5 Å². The van der Waals surface area contributed by atoms with Crippen LogP contribution in [0, 0.1) is 6.92 Å². The van der Waals surface area contributed by atoms with Gasteiger partial charge >= 0.3 is 6.18 Å². The third-order valence-corrected chi connectivity index (χ3v) is 4.92. The van der Waals surface area contributed by atoms with E-state index in [2.05, 4.69) is 20.4 Å². The van der Waals surface area contributed by atoms with E-state index in [0.29, 0.717) is 17.1 Å². The fourth-order valence-electron chi connectivity index (χ4n) is 3.28. The molecular formula is C22H21F3N6O2. The Bertz CT molecular complexity index is 1300. The van der Waals surface area contributed by atoms with Gasteiger partial charge < -0.3 is 19.4 Å². The molecule has 4 rings (SSSR count). The van der Waals surface area contributed by atoms with E-state index in [-0.39, 0.29) is 17.4 Å². The predicted octanol–water partition coefficient (Wildman–Crippen LogP) is 4.76. The van der Waals surface area contributed by atoms with Gasteiger partial charge in [0.1, 0.15) is 11.5 Å². The Hall–Kier alpha value is -4.02. The van der Waals surface area contributed by atoms with E-state index in [4.69, 9.17) is 9.47 Å². The maximum absolute atomic E-state index is 13.2. The molecule has 0 aliphatic carbocycles. The quantitative estimate of drug-likeness (QED) is 0.449. The first kappa shape index (κ1) is 22.2. The maximum atomic E-state index is 13.2. The highest BCUT2D eigenvalue weighted by Gasteiger charge is 2.31. The maximum Gasteiger partial charge on any atom is 0.416 e. The summed E-state index contributed by atoms with van der Waals surface area (Å²) >= 11 is 0. The van der Waals surface area contributed by atoms with Crippen LogP contribution in [0.15, 0.2) is 48.9 Å². The fourth-order valence-corrected chi connectivity index (χ4v) is 3.28. The van der Waals surface area contributed by atoms with Crippen molar-refractivity contribution < 1.29 is 22.6 Å². The zero-order valence-electron chi connectivity index (χ0n) is 18.3. The molecule has 0 saturated heterocycles. The SMILES string of the molecule is COc1cc(Nc2nc(-c3ccc(-n4cnc(C)c4)c(OC)c3)nn2C)cc(C(F)(F)F)c1. The van der Waals surface area contributed by atoms with Gasteiger partial charge in [0.15, 0.2) is 5.82 Å². The van der Waals surface area contributed by atoms with Crippen molar-refractivity contribution in [2.24, 2.45) is 7.05 Å². The van der Waals surface area contributed by atoms with Crippen molar-refractivity contribution in [2.45, 2.75) is 13.1 Å². The molecule has 1 N–H and O–H groups in total. The van der Waals surface area contributed by atoms with Gasteiger partial charge in [0.2, 0.25) is 5.95 Å². The molecule has 2 aromatic carbocycles. The average molecular weight is 458 g/mol. The predicted molar refractivity (Wildman–Crippen MR) is 116 cm³/mol. The summed E-state index contributed by atoms with van der Waals surface area (Å²) in [6.45, 7) is 1.89. The fraction of sp³-hybridized carbons (Fsp3) is 0.227. The minimum absolute atomic E-state index is 0.0739. The lowest BCUT2D eigenvalue weighted by molar-refractivity contribution is -0.137. The van der Waals surface area contributed by atoms with Crippen LogP contribution in [0.5, 0.6) is 11.5 Å². The van der Waals surface area contributed by atoms with Crippen molar-refractivity contribution in [3.8, 4) is 28.6 Å². The van der Waals surface area contributed by atoms with Crippen molar-refractivity contribution in [1.29, 1.82) is 0 Å². The summed E-state index contributed by atoms with van der Waals surface area (Å²) in [4.78, 5) is 8.68. The number of hydrogen-bond acceptors (Lipinski definition) is 6. The third kappa shape index (κ3) is 4.61. The van der Waals surface area contributed by atoms with Crippen molar-refractivity contribution in [2.75, 3.05) is 19.5 Å². The van der Waals surface area contributed by atoms with Crippen LogP contribution in [0.25, 0.3) is 17.1 Å². The summed E-state index contributed by atoms with van der Waals surface area (Å²) in [5, 5.41) is 7.27. The molecule has 0 radical (unpaired) electrons. The highest BCUT2D eigenvalue weighted by molar-refractivity contribution is 5.65. The molecule has 0 atom stereocenters. The Morgan fingerprint density at radius 2 is 1.82 bits per heavy atom. The van der Waals surface area contributed by atoms with Gasteiger partial charge in [-0.05, 0) is 37.3 Å². The Balaban J connectivity index is 1.66. The molecule has 11 heteroatoms. The second-order valence-electron chi connectivity index (χ2n) is 7.26. The number of rotatable bonds is 6. The molecule has 0 bridgehead atoms. The van der Waals surface area contributed by atoms with Gasteiger partial charge in [-0.2, -0.15) is 18.2 Å². The molecule has 0 aliphatic heterocycles. The molecule has 0 aliphatic rings. The van der Waals surface area contributed by atoms with E-state index in [1.807, 2.05) is 29.8 Å². The summed E-state index contributed by atoms with van der Waals surface area (Å²) in [6.07, 6.45) is -0.943. The van der Waals surface area contributed by atoms with Crippen LogP contribution in [0.4, 0.5) is 24.8 Å². The molecule has 172 valence electrons. The summed E-state index contributed by atoms with van der Waals surface area (Å²) < 4.78 is 53.5. The molecule has 0 saturated carbocycles. The molecule has 0 spiro atoms. The second-order valence-corrected chi connectivity index (χ2v) is 7.26. The van der Waals surface area contributed by atoms with Crippen LogP contribution < -0.4 is 14.8 Å². The lowest BCUT2D eigenvalue weighted by atomic mass is 10.1.